The summed E-state index contributed by atoms with van der Waals surface area (Å²) in [6.07, 6.45) is 0. The fraction of sp³-hybridized carbons (Fsp3) is 0.250. The molecule has 0 aliphatic rings. The number of rotatable bonds is 8. The minimum absolute atomic E-state index is 0.172. The van der Waals surface area contributed by atoms with Crippen LogP contribution in [0.5, 0.6) is 5.75 Å². The van der Waals surface area contributed by atoms with Gasteiger partial charge in [-0.3, -0.25) is 14.4 Å². The van der Waals surface area contributed by atoms with Gasteiger partial charge in [-0.15, -0.1) is 0 Å². The molecule has 2 aromatic carbocycles. The first-order chi connectivity index (χ1) is 13.0. The Morgan fingerprint density at radius 3 is 2.15 bits per heavy atom. The van der Waals surface area contributed by atoms with E-state index in [1.54, 1.807) is 48.5 Å². The molecule has 0 radical (unpaired) electrons. The number of carbonyl (C=O) groups excluding carboxylic acids is 3. The number of para-hydroxylation sites is 1. The van der Waals surface area contributed by atoms with E-state index in [4.69, 9.17) is 4.74 Å². The van der Waals surface area contributed by atoms with Gasteiger partial charge in [0.1, 0.15) is 5.75 Å². The monoisotopic (exact) mass is 369 g/mol. The van der Waals surface area contributed by atoms with E-state index in [9.17, 15) is 14.4 Å². The number of carbonyl (C=O) groups is 3. The van der Waals surface area contributed by atoms with Crippen molar-refractivity contribution >= 4 is 23.4 Å². The summed E-state index contributed by atoms with van der Waals surface area (Å²) >= 11 is 0. The number of anilines is 1. The first kappa shape index (κ1) is 20.0. The topological polar surface area (TPSA) is 96.5 Å². The molecule has 7 heteroatoms. The van der Waals surface area contributed by atoms with Crippen LogP contribution >= 0.6 is 0 Å². The summed E-state index contributed by atoms with van der Waals surface area (Å²) in [6.45, 7) is 4.32. The maximum Gasteiger partial charge on any atom is 0.255 e. The first-order valence-electron chi connectivity index (χ1n) is 8.67. The molecule has 0 saturated heterocycles. The molecule has 0 heterocycles. The lowest BCUT2D eigenvalue weighted by molar-refractivity contribution is -0.114. The van der Waals surface area contributed by atoms with E-state index in [0.29, 0.717) is 29.2 Å². The van der Waals surface area contributed by atoms with Gasteiger partial charge in [-0.25, -0.2) is 0 Å². The van der Waals surface area contributed by atoms with Crippen LogP contribution < -0.4 is 20.7 Å². The molecule has 0 aliphatic carbocycles. The predicted octanol–water partition coefficient (Wildman–Crippen LogP) is 2.20. The van der Waals surface area contributed by atoms with E-state index < -0.39 is 0 Å². The van der Waals surface area contributed by atoms with Crippen LogP contribution in [0.25, 0.3) is 0 Å². The summed E-state index contributed by atoms with van der Waals surface area (Å²) < 4.78 is 5.44. The molecule has 2 rings (SSSR count). The van der Waals surface area contributed by atoms with Gasteiger partial charge < -0.3 is 20.7 Å². The lowest BCUT2D eigenvalue weighted by atomic mass is 10.2. The van der Waals surface area contributed by atoms with Gasteiger partial charge in [-0.05, 0) is 43.3 Å². The predicted molar refractivity (Wildman–Crippen MR) is 103 cm³/mol. The van der Waals surface area contributed by atoms with Crippen molar-refractivity contribution < 1.29 is 19.1 Å². The molecule has 0 atom stereocenters. The lowest BCUT2D eigenvalue weighted by Crippen LogP contribution is -2.34. The highest BCUT2D eigenvalue weighted by atomic mass is 16.5. The average Bonchev–Trinajstić information content (AvgIpc) is 2.65. The summed E-state index contributed by atoms with van der Waals surface area (Å²) in [5.41, 5.74) is 1.55. The fourth-order valence-corrected chi connectivity index (χ4v) is 2.39. The quantitative estimate of drug-likeness (QED) is 0.622. The van der Waals surface area contributed by atoms with Crippen LogP contribution in [0.4, 0.5) is 5.69 Å². The molecule has 0 unspecified atom stereocenters. The minimum Gasteiger partial charge on any atom is -0.493 e. The highest BCUT2D eigenvalue weighted by Gasteiger charge is 2.11. The van der Waals surface area contributed by atoms with E-state index in [1.165, 1.54) is 6.92 Å². The molecule has 142 valence electrons. The molecular weight excluding hydrogens is 346 g/mol. The van der Waals surface area contributed by atoms with Gasteiger partial charge >= 0.3 is 0 Å². The number of hydrogen-bond donors (Lipinski definition) is 3. The maximum atomic E-state index is 12.2. The van der Waals surface area contributed by atoms with Crippen LogP contribution in [0.15, 0.2) is 48.5 Å². The zero-order valence-electron chi connectivity index (χ0n) is 15.4. The Morgan fingerprint density at radius 2 is 1.52 bits per heavy atom. The van der Waals surface area contributed by atoms with Crippen LogP contribution in [0.1, 0.15) is 34.6 Å². The number of amides is 3. The number of ether oxygens (including phenoxy) is 1. The van der Waals surface area contributed by atoms with Gasteiger partial charge in [0.2, 0.25) is 5.91 Å². The Hall–Kier alpha value is -3.35. The van der Waals surface area contributed by atoms with Crippen molar-refractivity contribution in [2.45, 2.75) is 13.8 Å². The minimum atomic E-state index is -0.257. The second kappa shape index (κ2) is 9.96. The number of hydrogen-bond acceptors (Lipinski definition) is 4. The zero-order valence-corrected chi connectivity index (χ0v) is 15.4. The van der Waals surface area contributed by atoms with Crippen LogP contribution in [0.3, 0.4) is 0 Å². The van der Waals surface area contributed by atoms with Crippen molar-refractivity contribution in [3.63, 3.8) is 0 Å². The van der Waals surface area contributed by atoms with Crippen LogP contribution in [-0.2, 0) is 4.79 Å². The molecule has 0 aromatic heterocycles. The Labute approximate surface area is 158 Å². The molecule has 0 bridgehead atoms. The summed E-state index contributed by atoms with van der Waals surface area (Å²) in [7, 11) is 0. The highest BCUT2D eigenvalue weighted by molar-refractivity contribution is 5.97. The van der Waals surface area contributed by atoms with Gasteiger partial charge in [-0.1, -0.05) is 12.1 Å². The molecule has 2 aromatic rings. The third-order valence-electron chi connectivity index (χ3n) is 3.60. The fourth-order valence-electron chi connectivity index (χ4n) is 2.39. The second-order valence-corrected chi connectivity index (χ2v) is 5.70. The molecule has 0 fully saturated rings. The normalized spacial score (nSPS) is 10.0. The Balaban J connectivity index is 1.80. The molecule has 27 heavy (non-hydrogen) atoms. The summed E-state index contributed by atoms with van der Waals surface area (Å²) in [6, 6.07) is 13.6. The molecule has 0 saturated carbocycles. The second-order valence-electron chi connectivity index (χ2n) is 5.70. The van der Waals surface area contributed by atoms with Crippen molar-refractivity contribution in [2.75, 3.05) is 25.0 Å². The maximum absolute atomic E-state index is 12.2. The third kappa shape index (κ3) is 6.14. The molecule has 7 nitrogen and oxygen atoms in total. The summed E-state index contributed by atoms with van der Waals surface area (Å²) in [4.78, 5) is 35.3. The van der Waals surface area contributed by atoms with Crippen molar-refractivity contribution in [3.05, 3.63) is 59.7 Å². The Morgan fingerprint density at radius 1 is 0.889 bits per heavy atom. The van der Waals surface area contributed by atoms with Crippen LogP contribution in [0.2, 0.25) is 0 Å². The van der Waals surface area contributed by atoms with Crippen LogP contribution in [-0.4, -0.2) is 37.4 Å². The van der Waals surface area contributed by atoms with Gasteiger partial charge in [0.25, 0.3) is 11.8 Å². The van der Waals surface area contributed by atoms with Crippen molar-refractivity contribution in [2.24, 2.45) is 0 Å². The Bertz CT molecular complexity index is 803. The van der Waals surface area contributed by atoms with E-state index in [-0.39, 0.29) is 30.8 Å². The molecule has 0 aliphatic heterocycles. The van der Waals surface area contributed by atoms with Gasteiger partial charge in [0.15, 0.2) is 0 Å². The average molecular weight is 369 g/mol. The first-order valence-corrected chi connectivity index (χ1v) is 8.67. The van der Waals surface area contributed by atoms with E-state index in [2.05, 4.69) is 16.0 Å². The molecule has 0 spiro atoms. The SMILES string of the molecule is CCOc1ccccc1C(=O)NCCNC(=O)c1ccc(NC(C)=O)cc1. The van der Waals surface area contributed by atoms with Gasteiger partial charge in [0, 0.05) is 31.3 Å². The molecular formula is C20H23N3O4. The van der Waals surface area contributed by atoms with E-state index >= 15 is 0 Å². The van der Waals surface area contributed by atoms with Crippen molar-refractivity contribution in [1.29, 1.82) is 0 Å². The zero-order chi connectivity index (χ0) is 19.6. The third-order valence-corrected chi connectivity index (χ3v) is 3.60. The Kier molecular flexibility index (Phi) is 7.37. The highest BCUT2D eigenvalue weighted by Crippen LogP contribution is 2.17. The number of benzene rings is 2. The summed E-state index contributed by atoms with van der Waals surface area (Å²) in [5.74, 6) is -0.157. The lowest BCUT2D eigenvalue weighted by Gasteiger charge is -2.11. The van der Waals surface area contributed by atoms with Gasteiger partial charge in [0.05, 0.1) is 12.2 Å². The van der Waals surface area contributed by atoms with E-state index in [0.717, 1.165) is 0 Å². The van der Waals surface area contributed by atoms with Gasteiger partial charge in [-0.2, -0.15) is 0 Å². The summed E-state index contributed by atoms with van der Waals surface area (Å²) in [5, 5.41) is 8.12. The molecule has 3 amide bonds. The largest absolute Gasteiger partial charge is 0.493 e. The number of nitrogens with one attached hydrogen (secondary N) is 3. The van der Waals surface area contributed by atoms with E-state index in [1.807, 2.05) is 6.92 Å². The molecule has 3 N–H and O–H groups in total. The van der Waals surface area contributed by atoms with Crippen molar-refractivity contribution in [3.8, 4) is 5.75 Å². The standard InChI is InChI=1S/C20H23N3O4/c1-3-27-18-7-5-4-6-17(18)20(26)22-13-12-21-19(25)15-8-10-16(11-9-15)23-14(2)24/h4-11H,3,12-13H2,1-2H3,(H,21,25)(H,22,26)(H,23,24). The van der Waals surface area contributed by atoms with Crippen molar-refractivity contribution in [1.82, 2.24) is 10.6 Å². The smallest absolute Gasteiger partial charge is 0.255 e. The van der Waals surface area contributed by atoms with Crippen LogP contribution in [0, 0.1) is 0 Å².